The molecule has 1 aromatic carbocycles. The molecule has 0 spiro atoms. The average molecular weight is 290 g/mol. The second kappa shape index (κ2) is 3.87. The molecule has 78 valence electrons. The standard InChI is InChI=1S/C10H6BrClO3/c1-14-10(13)8-4-5-7(15-8)3-2-6(11)9(5)12/h2-4H,1H3. The van der Waals surface area contributed by atoms with Gasteiger partial charge in [0.2, 0.25) is 5.76 Å². The number of hydrogen-bond donors (Lipinski definition) is 0. The predicted octanol–water partition coefficient (Wildman–Crippen LogP) is 3.64. The van der Waals surface area contributed by atoms with Gasteiger partial charge in [-0.1, -0.05) is 11.6 Å². The zero-order chi connectivity index (χ0) is 11.0. The summed E-state index contributed by atoms with van der Waals surface area (Å²) in [5.74, 6) is -0.370. The van der Waals surface area contributed by atoms with E-state index in [4.69, 9.17) is 16.0 Å². The first-order valence-electron chi connectivity index (χ1n) is 4.09. The number of furan rings is 1. The molecule has 1 heterocycles. The Morgan fingerprint density at radius 2 is 2.27 bits per heavy atom. The highest BCUT2D eigenvalue weighted by Crippen LogP contribution is 2.33. The maximum absolute atomic E-state index is 11.2. The molecule has 0 saturated heterocycles. The van der Waals surface area contributed by atoms with E-state index in [2.05, 4.69) is 20.7 Å². The third kappa shape index (κ3) is 1.75. The minimum atomic E-state index is -0.515. The molecule has 0 bridgehead atoms. The molecular formula is C10H6BrClO3. The fourth-order valence-corrected chi connectivity index (χ4v) is 1.81. The van der Waals surface area contributed by atoms with E-state index in [1.807, 2.05) is 0 Å². The topological polar surface area (TPSA) is 39.4 Å². The highest BCUT2D eigenvalue weighted by molar-refractivity contribution is 9.10. The molecule has 0 aliphatic rings. The average Bonchev–Trinajstić information content (AvgIpc) is 2.67. The van der Waals surface area contributed by atoms with Crippen LogP contribution in [-0.2, 0) is 4.74 Å². The van der Waals surface area contributed by atoms with Crippen LogP contribution in [0, 0.1) is 0 Å². The van der Waals surface area contributed by atoms with Gasteiger partial charge in [-0.25, -0.2) is 4.79 Å². The number of esters is 1. The zero-order valence-corrected chi connectivity index (χ0v) is 10.1. The van der Waals surface area contributed by atoms with E-state index in [0.717, 1.165) is 4.47 Å². The largest absolute Gasteiger partial charge is 0.463 e. The molecule has 5 heteroatoms. The van der Waals surface area contributed by atoms with Crippen LogP contribution in [0.15, 0.2) is 27.1 Å². The Balaban J connectivity index is 2.66. The van der Waals surface area contributed by atoms with E-state index in [-0.39, 0.29) is 5.76 Å². The molecule has 0 saturated carbocycles. The molecule has 0 fully saturated rings. The van der Waals surface area contributed by atoms with E-state index < -0.39 is 5.97 Å². The van der Waals surface area contributed by atoms with Crippen LogP contribution in [0.25, 0.3) is 11.0 Å². The van der Waals surface area contributed by atoms with Crippen molar-refractivity contribution in [2.45, 2.75) is 0 Å². The Hall–Kier alpha value is -1.00. The van der Waals surface area contributed by atoms with Crippen LogP contribution in [0.3, 0.4) is 0 Å². The Kier molecular flexibility index (Phi) is 2.71. The highest BCUT2D eigenvalue weighted by Gasteiger charge is 2.15. The van der Waals surface area contributed by atoms with Crippen LogP contribution in [0.4, 0.5) is 0 Å². The molecule has 0 N–H and O–H groups in total. The van der Waals surface area contributed by atoms with Crippen molar-refractivity contribution >= 4 is 44.5 Å². The first-order valence-corrected chi connectivity index (χ1v) is 5.26. The number of hydrogen-bond acceptors (Lipinski definition) is 3. The van der Waals surface area contributed by atoms with Gasteiger partial charge in [0.15, 0.2) is 0 Å². The van der Waals surface area contributed by atoms with Crippen LogP contribution in [0.5, 0.6) is 0 Å². The summed E-state index contributed by atoms with van der Waals surface area (Å²) >= 11 is 9.32. The minimum Gasteiger partial charge on any atom is -0.463 e. The zero-order valence-electron chi connectivity index (χ0n) is 7.71. The lowest BCUT2D eigenvalue weighted by Gasteiger charge is -1.94. The lowest BCUT2D eigenvalue weighted by Crippen LogP contribution is -1.97. The summed E-state index contributed by atoms with van der Waals surface area (Å²) in [7, 11) is 1.30. The number of fused-ring (bicyclic) bond motifs is 1. The molecule has 0 amide bonds. The molecule has 0 aliphatic heterocycles. The quantitative estimate of drug-likeness (QED) is 0.753. The van der Waals surface area contributed by atoms with Gasteiger partial charge in [-0.2, -0.15) is 0 Å². The van der Waals surface area contributed by atoms with E-state index in [1.165, 1.54) is 7.11 Å². The number of carbonyl (C=O) groups is 1. The number of ether oxygens (including phenoxy) is 1. The lowest BCUT2D eigenvalue weighted by atomic mass is 10.2. The van der Waals surface area contributed by atoms with Crippen LogP contribution in [-0.4, -0.2) is 13.1 Å². The van der Waals surface area contributed by atoms with Crippen molar-refractivity contribution in [3.8, 4) is 0 Å². The van der Waals surface area contributed by atoms with Crippen molar-refractivity contribution < 1.29 is 13.9 Å². The van der Waals surface area contributed by atoms with E-state index in [9.17, 15) is 4.79 Å². The van der Waals surface area contributed by atoms with Gasteiger partial charge in [-0.05, 0) is 28.1 Å². The van der Waals surface area contributed by atoms with Gasteiger partial charge in [-0.3, -0.25) is 0 Å². The molecule has 0 atom stereocenters. The number of methoxy groups -OCH3 is 1. The second-order valence-corrected chi connectivity index (χ2v) is 4.11. The normalized spacial score (nSPS) is 10.6. The van der Waals surface area contributed by atoms with Gasteiger partial charge < -0.3 is 9.15 Å². The molecule has 0 aliphatic carbocycles. The summed E-state index contributed by atoms with van der Waals surface area (Å²) in [6, 6.07) is 5.06. The van der Waals surface area contributed by atoms with E-state index >= 15 is 0 Å². The van der Waals surface area contributed by atoms with Crippen molar-refractivity contribution in [3.05, 3.63) is 33.5 Å². The number of carbonyl (C=O) groups excluding carboxylic acids is 1. The molecule has 2 aromatic rings. The summed E-state index contributed by atoms with van der Waals surface area (Å²) < 4.78 is 10.6. The first kappa shape index (κ1) is 10.5. The molecule has 3 nitrogen and oxygen atoms in total. The molecule has 0 radical (unpaired) electrons. The van der Waals surface area contributed by atoms with Crippen molar-refractivity contribution in [2.75, 3.05) is 7.11 Å². The number of benzene rings is 1. The molecule has 1 aromatic heterocycles. The summed E-state index contributed by atoms with van der Waals surface area (Å²) in [4.78, 5) is 11.2. The minimum absolute atomic E-state index is 0.146. The van der Waals surface area contributed by atoms with Gasteiger partial charge in [0.1, 0.15) is 5.58 Å². The Labute approximate surface area is 99.1 Å². The first-order chi connectivity index (χ1) is 7.13. The van der Waals surface area contributed by atoms with Gasteiger partial charge in [0, 0.05) is 15.9 Å². The van der Waals surface area contributed by atoms with Crippen molar-refractivity contribution in [1.29, 1.82) is 0 Å². The van der Waals surface area contributed by atoms with E-state index in [1.54, 1.807) is 18.2 Å². The molecular weight excluding hydrogens is 283 g/mol. The van der Waals surface area contributed by atoms with Crippen LogP contribution >= 0.6 is 27.5 Å². The smallest absolute Gasteiger partial charge is 0.373 e. The Morgan fingerprint density at radius 1 is 1.53 bits per heavy atom. The summed E-state index contributed by atoms with van der Waals surface area (Å²) in [6.07, 6.45) is 0. The SMILES string of the molecule is COC(=O)c1cc2c(Cl)c(Br)ccc2o1. The summed E-state index contributed by atoms with van der Waals surface area (Å²) in [5.41, 5.74) is 0.559. The number of rotatable bonds is 1. The van der Waals surface area contributed by atoms with Gasteiger partial charge in [0.25, 0.3) is 0 Å². The molecule has 0 unspecified atom stereocenters. The van der Waals surface area contributed by atoms with Crippen LogP contribution in [0.1, 0.15) is 10.6 Å². The van der Waals surface area contributed by atoms with Gasteiger partial charge in [-0.15, -0.1) is 0 Å². The lowest BCUT2D eigenvalue weighted by molar-refractivity contribution is 0.0567. The van der Waals surface area contributed by atoms with Crippen LogP contribution < -0.4 is 0 Å². The van der Waals surface area contributed by atoms with Gasteiger partial charge >= 0.3 is 5.97 Å². The van der Waals surface area contributed by atoms with Crippen molar-refractivity contribution in [3.63, 3.8) is 0 Å². The number of halogens is 2. The van der Waals surface area contributed by atoms with Crippen molar-refractivity contribution in [1.82, 2.24) is 0 Å². The maximum atomic E-state index is 11.2. The molecule has 15 heavy (non-hydrogen) atoms. The second-order valence-electron chi connectivity index (χ2n) is 2.88. The fraction of sp³-hybridized carbons (Fsp3) is 0.100. The van der Waals surface area contributed by atoms with Crippen LogP contribution in [0.2, 0.25) is 5.02 Å². The predicted molar refractivity (Wildman–Crippen MR) is 60.3 cm³/mol. The monoisotopic (exact) mass is 288 g/mol. The van der Waals surface area contributed by atoms with Crippen molar-refractivity contribution in [2.24, 2.45) is 0 Å². The summed E-state index contributed by atoms with van der Waals surface area (Å²) in [5, 5.41) is 1.21. The third-order valence-corrected chi connectivity index (χ3v) is 3.27. The third-order valence-electron chi connectivity index (χ3n) is 1.97. The van der Waals surface area contributed by atoms with Gasteiger partial charge in [0.05, 0.1) is 12.1 Å². The Morgan fingerprint density at radius 3 is 2.93 bits per heavy atom. The highest BCUT2D eigenvalue weighted by atomic mass is 79.9. The maximum Gasteiger partial charge on any atom is 0.373 e. The molecule has 2 rings (SSSR count). The summed E-state index contributed by atoms with van der Waals surface area (Å²) in [6.45, 7) is 0. The Bertz CT molecular complexity index is 533. The van der Waals surface area contributed by atoms with E-state index in [0.29, 0.717) is 16.0 Å². The fourth-order valence-electron chi connectivity index (χ4n) is 1.25.